The summed E-state index contributed by atoms with van der Waals surface area (Å²) in [5, 5.41) is 22.3. The maximum atomic E-state index is 6.17. The molecule has 0 radical (unpaired) electrons. The first-order chi connectivity index (χ1) is 56.6. The standard InChI is InChI=1S/C106H75N5Si3/c1-10-37-76(38-11-1)77-39-34-58-88(71-77)114(86-54-24-8-25-55-86,87-56-26-9-27-57-87)89-59-35-40-78(72-89)97-75-103(108-106(107-97)110-98-64-31-28-61-92(98)94-68-67-91(74-102(94)110)113(83-48-18-5-19-49-83,84-50-20-6-21-51-84)85-52-22-7-23-53-85)111-99-65-32-29-62-93(99)95-69-70-101-104(105(95)111)96-63-30-33-66-100(96)109(101)79-41-36-60-90(73-79)112(80-42-12-2-13-43-80,81-44-14-3-15-45-81)82-46-16-4-17-47-82/h1-75H. The van der Waals surface area contributed by atoms with E-state index < -0.39 is 24.2 Å². The predicted molar refractivity (Wildman–Crippen MR) is 487 cm³/mol. The molecule has 0 amide bonds. The Hall–Kier alpha value is -14.1. The molecule has 0 atom stereocenters. The summed E-state index contributed by atoms with van der Waals surface area (Å²) in [5.74, 6) is 1.31. The van der Waals surface area contributed by atoms with E-state index in [1.54, 1.807) is 0 Å². The monoisotopic (exact) mass is 1500 g/mol. The molecule has 21 aromatic rings. The molecule has 0 aliphatic carbocycles. The molecule has 4 heterocycles. The summed E-state index contributed by atoms with van der Waals surface area (Å²) < 4.78 is 7.36. The van der Waals surface area contributed by atoms with Gasteiger partial charge >= 0.3 is 0 Å². The second-order valence-corrected chi connectivity index (χ2v) is 41.2. The highest BCUT2D eigenvalue weighted by Crippen LogP contribution is 2.43. The summed E-state index contributed by atoms with van der Waals surface area (Å²) in [6, 6.07) is 170. The minimum Gasteiger partial charge on any atom is -0.309 e. The highest BCUT2D eigenvalue weighted by molar-refractivity contribution is 7.21. The van der Waals surface area contributed by atoms with Crippen LogP contribution in [0.4, 0.5) is 0 Å². The van der Waals surface area contributed by atoms with Crippen LogP contribution in [-0.4, -0.2) is 47.9 Å². The van der Waals surface area contributed by atoms with Crippen molar-refractivity contribution in [3.05, 3.63) is 455 Å². The van der Waals surface area contributed by atoms with E-state index in [1.165, 1.54) is 73.4 Å². The molecule has 21 rings (SSSR count). The van der Waals surface area contributed by atoms with Crippen molar-refractivity contribution in [2.75, 3.05) is 0 Å². The molecule has 8 heteroatoms. The Bertz CT molecular complexity index is 6910. The van der Waals surface area contributed by atoms with Gasteiger partial charge < -0.3 is 4.57 Å². The van der Waals surface area contributed by atoms with Gasteiger partial charge in [-0.2, -0.15) is 4.98 Å². The molecule has 0 fully saturated rings. The van der Waals surface area contributed by atoms with Gasteiger partial charge in [0, 0.05) is 49.6 Å². The third-order valence-corrected chi connectivity index (χ3v) is 38.2. The lowest BCUT2D eigenvalue weighted by molar-refractivity contribution is 0.953. The van der Waals surface area contributed by atoms with Gasteiger partial charge in [0.05, 0.1) is 38.8 Å². The lowest BCUT2D eigenvalue weighted by atomic mass is 10.1. The van der Waals surface area contributed by atoms with Crippen molar-refractivity contribution in [2.45, 2.75) is 0 Å². The lowest BCUT2D eigenvalue weighted by Crippen LogP contribution is -2.74. The topological polar surface area (TPSA) is 40.6 Å². The number of fused-ring (bicyclic) bond motifs is 10. The van der Waals surface area contributed by atoms with Crippen LogP contribution in [0.2, 0.25) is 0 Å². The zero-order valence-electron chi connectivity index (χ0n) is 62.5. The van der Waals surface area contributed by atoms with Gasteiger partial charge in [0.2, 0.25) is 5.95 Å². The average molecular weight is 1500 g/mol. The van der Waals surface area contributed by atoms with Crippen molar-refractivity contribution < 1.29 is 0 Å². The maximum absolute atomic E-state index is 6.17. The largest absolute Gasteiger partial charge is 0.309 e. The molecular formula is C106H75N5Si3. The molecule has 0 saturated heterocycles. The van der Waals surface area contributed by atoms with Crippen LogP contribution in [-0.2, 0) is 0 Å². The van der Waals surface area contributed by atoms with Gasteiger partial charge in [-0.1, -0.05) is 406 Å². The summed E-state index contributed by atoms with van der Waals surface area (Å²) in [6.07, 6.45) is 0. The Balaban J connectivity index is 0.858. The van der Waals surface area contributed by atoms with Gasteiger partial charge in [-0.25, -0.2) is 4.98 Å². The molecule has 4 aromatic heterocycles. The number of aromatic nitrogens is 5. The first-order valence-corrected chi connectivity index (χ1v) is 45.3. The van der Waals surface area contributed by atoms with Crippen molar-refractivity contribution in [1.82, 2.24) is 23.7 Å². The van der Waals surface area contributed by atoms with Crippen molar-refractivity contribution in [3.8, 4) is 39.8 Å². The van der Waals surface area contributed by atoms with E-state index in [-0.39, 0.29) is 0 Å². The van der Waals surface area contributed by atoms with Gasteiger partial charge in [-0.05, 0) is 116 Å². The Morgan fingerprint density at radius 3 is 1.00 bits per heavy atom. The third kappa shape index (κ3) is 10.9. The van der Waals surface area contributed by atoms with E-state index in [2.05, 4.69) is 469 Å². The SMILES string of the molecule is c1ccc(-c2cccc([Si](c3ccccc3)(c3ccccc3)c3cccc(-c4cc(-n5c6ccccc6c6ccc7c(c8ccccc8n7-c7cccc([Si](c8ccccc8)(c8ccccc8)c8ccccc8)c7)c65)nc(-n5c6ccccc6c6ccc([Si](c7ccccc7)(c7ccccc7)c7ccccc7)cc65)n4)c3)c2)cc1. The van der Waals surface area contributed by atoms with Crippen molar-refractivity contribution in [3.63, 3.8) is 0 Å². The van der Waals surface area contributed by atoms with E-state index in [0.717, 1.165) is 88.2 Å². The van der Waals surface area contributed by atoms with Crippen LogP contribution in [0.5, 0.6) is 0 Å². The summed E-state index contributed by atoms with van der Waals surface area (Å²) in [4.78, 5) is 12.3. The molecule has 17 aromatic carbocycles. The Labute approximate surface area is 665 Å². The zero-order chi connectivity index (χ0) is 75.6. The van der Waals surface area contributed by atoms with Gasteiger partial charge in [0.25, 0.3) is 0 Å². The van der Waals surface area contributed by atoms with Gasteiger partial charge in [0.15, 0.2) is 24.2 Å². The normalized spacial score (nSPS) is 12.0. The average Bonchev–Trinajstić information content (AvgIpc) is 1.44. The zero-order valence-corrected chi connectivity index (χ0v) is 65.5. The fraction of sp³-hybridized carbons (Fsp3) is 0. The van der Waals surface area contributed by atoms with E-state index in [4.69, 9.17) is 9.97 Å². The van der Waals surface area contributed by atoms with E-state index in [9.17, 15) is 0 Å². The summed E-state index contributed by atoms with van der Waals surface area (Å²) in [6.45, 7) is 0. The molecule has 536 valence electrons. The summed E-state index contributed by atoms with van der Waals surface area (Å²) in [7, 11) is -9.27. The van der Waals surface area contributed by atoms with Crippen LogP contribution in [0.25, 0.3) is 105 Å². The molecule has 0 aliphatic rings. The fourth-order valence-corrected chi connectivity index (χ4v) is 33.5. The van der Waals surface area contributed by atoms with Crippen LogP contribution in [0.3, 0.4) is 0 Å². The number of benzene rings is 17. The molecule has 0 aliphatic heterocycles. The number of nitrogens with zero attached hydrogens (tertiary/aromatic N) is 5. The molecule has 5 nitrogen and oxygen atoms in total. The van der Waals surface area contributed by atoms with Gasteiger partial charge in [-0.3, -0.25) is 9.13 Å². The molecule has 0 saturated carbocycles. The van der Waals surface area contributed by atoms with Crippen LogP contribution in [0.15, 0.2) is 455 Å². The number of para-hydroxylation sites is 3. The van der Waals surface area contributed by atoms with E-state index in [0.29, 0.717) is 5.95 Å². The summed E-state index contributed by atoms with van der Waals surface area (Å²) in [5.41, 5.74) is 11.6. The Morgan fingerprint density at radius 1 is 0.184 bits per heavy atom. The molecule has 0 bridgehead atoms. The fourth-order valence-electron chi connectivity index (χ4n) is 19.1. The Morgan fingerprint density at radius 2 is 0.518 bits per heavy atom. The molecule has 0 spiro atoms. The quantitative estimate of drug-likeness (QED) is 0.0673. The van der Waals surface area contributed by atoms with Crippen molar-refractivity contribution in [1.29, 1.82) is 0 Å². The first kappa shape index (κ1) is 67.9. The number of hydrogen-bond acceptors (Lipinski definition) is 2. The van der Waals surface area contributed by atoms with E-state index >= 15 is 0 Å². The molecule has 0 N–H and O–H groups in total. The number of rotatable bonds is 17. The smallest absolute Gasteiger partial charge is 0.237 e. The highest BCUT2D eigenvalue weighted by atomic mass is 28.3. The Kier molecular flexibility index (Phi) is 16.9. The third-order valence-electron chi connectivity index (χ3n) is 23.9. The first-order valence-electron chi connectivity index (χ1n) is 39.3. The van der Waals surface area contributed by atoms with Crippen LogP contribution in [0, 0.1) is 0 Å². The van der Waals surface area contributed by atoms with Gasteiger partial charge in [-0.15, -0.1) is 0 Å². The lowest BCUT2D eigenvalue weighted by Gasteiger charge is -2.35. The van der Waals surface area contributed by atoms with Crippen LogP contribution >= 0.6 is 0 Å². The van der Waals surface area contributed by atoms with Crippen molar-refractivity contribution in [2.24, 2.45) is 0 Å². The van der Waals surface area contributed by atoms with E-state index in [1.807, 2.05) is 0 Å². The summed E-state index contributed by atoms with van der Waals surface area (Å²) >= 11 is 0. The number of hydrogen-bond donors (Lipinski definition) is 0. The van der Waals surface area contributed by atoms with Crippen molar-refractivity contribution >= 4 is 152 Å². The highest BCUT2D eigenvalue weighted by Gasteiger charge is 2.45. The minimum absolute atomic E-state index is 0.563. The molecule has 0 unspecified atom stereocenters. The second kappa shape index (κ2) is 28.3. The van der Waals surface area contributed by atoms with Gasteiger partial charge in [0.1, 0.15) is 5.82 Å². The van der Waals surface area contributed by atoms with Crippen LogP contribution in [0.1, 0.15) is 0 Å². The predicted octanol–water partition coefficient (Wildman–Crippen LogP) is 17.2. The second-order valence-electron chi connectivity index (χ2n) is 29.8. The molecule has 114 heavy (non-hydrogen) atoms. The minimum atomic E-state index is -3.21. The maximum Gasteiger partial charge on any atom is 0.237 e. The molecular weight excluding hydrogens is 1430 g/mol. The van der Waals surface area contributed by atoms with Crippen LogP contribution < -0.4 is 62.2 Å².